The summed E-state index contributed by atoms with van der Waals surface area (Å²) in [6, 6.07) is 4.57. The molecule has 1 rings (SSSR count). The molecule has 0 saturated heterocycles. The number of phenols is 1. The molecule has 1 aromatic carbocycles. The van der Waals surface area contributed by atoms with Crippen molar-refractivity contribution in [3.05, 3.63) is 23.8 Å². The molecular formula is C13H18BrNO4. The number of hydrogen-bond donors (Lipinski definition) is 1. The summed E-state index contributed by atoms with van der Waals surface area (Å²) in [7, 11) is 4.78. The molecule has 1 unspecified atom stereocenters. The number of alkyl halides is 1. The van der Waals surface area contributed by atoms with Gasteiger partial charge >= 0.3 is 0 Å². The van der Waals surface area contributed by atoms with Crippen LogP contribution < -0.4 is 4.74 Å². The third-order valence-corrected chi connectivity index (χ3v) is 3.15. The van der Waals surface area contributed by atoms with Crippen molar-refractivity contribution in [3.63, 3.8) is 0 Å². The van der Waals surface area contributed by atoms with Gasteiger partial charge in [0.05, 0.1) is 24.1 Å². The zero-order chi connectivity index (χ0) is 14.4. The van der Waals surface area contributed by atoms with E-state index in [1.54, 1.807) is 20.2 Å². The molecule has 1 atom stereocenters. The lowest BCUT2D eigenvalue weighted by atomic mass is 10.1. The van der Waals surface area contributed by atoms with Crippen LogP contribution in [0.2, 0.25) is 0 Å². The molecule has 19 heavy (non-hydrogen) atoms. The standard InChI is InChI=1S/C13H18BrNO4/c1-15(7-9(14)8-18-2)13(17)11-6-10(19-3)4-5-12(11)16/h4-6,9,16H,7-8H2,1-3H3. The van der Waals surface area contributed by atoms with E-state index in [2.05, 4.69) is 15.9 Å². The molecule has 0 aliphatic heterocycles. The van der Waals surface area contributed by atoms with Crippen LogP contribution in [0.25, 0.3) is 0 Å². The maximum absolute atomic E-state index is 12.2. The number of hydrogen-bond acceptors (Lipinski definition) is 4. The fourth-order valence-electron chi connectivity index (χ4n) is 1.63. The monoisotopic (exact) mass is 331 g/mol. The van der Waals surface area contributed by atoms with Gasteiger partial charge in [-0.05, 0) is 18.2 Å². The van der Waals surface area contributed by atoms with Crippen LogP contribution in [-0.2, 0) is 4.74 Å². The number of carbonyl (C=O) groups excluding carboxylic acids is 1. The minimum Gasteiger partial charge on any atom is -0.507 e. The van der Waals surface area contributed by atoms with E-state index in [-0.39, 0.29) is 22.0 Å². The van der Waals surface area contributed by atoms with E-state index in [9.17, 15) is 9.90 Å². The molecule has 0 aromatic heterocycles. The van der Waals surface area contributed by atoms with Crippen LogP contribution in [-0.4, -0.2) is 55.2 Å². The minimum absolute atomic E-state index is 0.0409. The van der Waals surface area contributed by atoms with E-state index in [4.69, 9.17) is 9.47 Å². The molecule has 1 amide bonds. The topological polar surface area (TPSA) is 59.0 Å². The molecule has 106 valence electrons. The number of nitrogens with zero attached hydrogens (tertiary/aromatic N) is 1. The van der Waals surface area contributed by atoms with Crippen molar-refractivity contribution in [2.75, 3.05) is 34.4 Å². The highest BCUT2D eigenvalue weighted by atomic mass is 79.9. The molecule has 0 spiro atoms. The maximum Gasteiger partial charge on any atom is 0.257 e. The molecule has 0 fully saturated rings. The van der Waals surface area contributed by atoms with Gasteiger partial charge in [0.15, 0.2) is 0 Å². The molecule has 0 radical (unpaired) electrons. The van der Waals surface area contributed by atoms with E-state index in [0.717, 1.165) is 0 Å². The van der Waals surface area contributed by atoms with E-state index in [0.29, 0.717) is 18.9 Å². The van der Waals surface area contributed by atoms with Gasteiger partial charge in [-0.2, -0.15) is 0 Å². The van der Waals surface area contributed by atoms with Gasteiger partial charge in [-0.3, -0.25) is 4.79 Å². The zero-order valence-corrected chi connectivity index (χ0v) is 12.8. The normalized spacial score (nSPS) is 12.0. The quantitative estimate of drug-likeness (QED) is 0.808. The highest BCUT2D eigenvalue weighted by Gasteiger charge is 2.19. The van der Waals surface area contributed by atoms with Crippen molar-refractivity contribution >= 4 is 21.8 Å². The molecule has 0 saturated carbocycles. The van der Waals surface area contributed by atoms with E-state index < -0.39 is 0 Å². The third kappa shape index (κ3) is 4.40. The van der Waals surface area contributed by atoms with Gasteiger partial charge in [-0.25, -0.2) is 0 Å². The number of rotatable bonds is 6. The predicted octanol–water partition coefficient (Wildman–Crippen LogP) is 1.88. The Bertz CT molecular complexity index is 439. The molecule has 0 heterocycles. The van der Waals surface area contributed by atoms with Gasteiger partial charge in [0.2, 0.25) is 0 Å². The Morgan fingerprint density at radius 3 is 2.74 bits per heavy atom. The smallest absolute Gasteiger partial charge is 0.257 e. The van der Waals surface area contributed by atoms with Crippen molar-refractivity contribution in [1.29, 1.82) is 0 Å². The first-order valence-corrected chi connectivity index (χ1v) is 6.66. The number of ether oxygens (including phenoxy) is 2. The van der Waals surface area contributed by atoms with Crippen LogP contribution in [0, 0.1) is 0 Å². The summed E-state index contributed by atoms with van der Waals surface area (Å²) in [4.78, 5) is 13.8. The Kier molecular flexibility index (Phi) is 6.11. The van der Waals surface area contributed by atoms with E-state index >= 15 is 0 Å². The van der Waals surface area contributed by atoms with Crippen molar-refractivity contribution < 1.29 is 19.4 Å². The van der Waals surface area contributed by atoms with E-state index in [1.165, 1.54) is 24.1 Å². The summed E-state index contributed by atoms with van der Waals surface area (Å²) in [5.74, 6) is 0.203. The average Bonchev–Trinajstić information content (AvgIpc) is 2.38. The lowest BCUT2D eigenvalue weighted by Crippen LogP contribution is -2.33. The van der Waals surface area contributed by atoms with Crippen molar-refractivity contribution in [3.8, 4) is 11.5 Å². The van der Waals surface area contributed by atoms with Crippen LogP contribution in [0.1, 0.15) is 10.4 Å². The molecule has 0 aliphatic carbocycles. The maximum atomic E-state index is 12.2. The highest BCUT2D eigenvalue weighted by molar-refractivity contribution is 9.09. The SMILES string of the molecule is COCC(Br)CN(C)C(=O)c1cc(OC)ccc1O. The van der Waals surface area contributed by atoms with Gasteiger partial charge in [-0.1, -0.05) is 15.9 Å². The van der Waals surface area contributed by atoms with Gasteiger partial charge in [0.25, 0.3) is 5.91 Å². The minimum atomic E-state index is -0.267. The number of benzene rings is 1. The molecule has 5 nitrogen and oxygen atoms in total. The Labute approximate surface area is 121 Å². The first kappa shape index (κ1) is 15.8. The average molecular weight is 332 g/mol. The summed E-state index contributed by atoms with van der Waals surface area (Å²) in [5, 5.41) is 9.75. The number of aromatic hydroxyl groups is 1. The first-order chi connectivity index (χ1) is 8.99. The number of phenolic OH excluding ortho intramolecular Hbond substituents is 1. The largest absolute Gasteiger partial charge is 0.507 e. The summed E-state index contributed by atoms with van der Waals surface area (Å²) in [6.07, 6.45) is 0. The number of halogens is 1. The fourth-order valence-corrected chi connectivity index (χ4v) is 2.33. The van der Waals surface area contributed by atoms with Crippen LogP contribution in [0.4, 0.5) is 0 Å². The lowest BCUT2D eigenvalue weighted by Gasteiger charge is -2.21. The summed E-state index contributed by atoms with van der Waals surface area (Å²) < 4.78 is 10.0. The Balaban J connectivity index is 2.81. The fraction of sp³-hybridized carbons (Fsp3) is 0.462. The Hall–Kier alpha value is -1.27. The summed E-state index contributed by atoms with van der Waals surface area (Å²) in [6.45, 7) is 0.977. The predicted molar refractivity (Wildman–Crippen MR) is 76.2 cm³/mol. The van der Waals surface area contributed by atoms with E-state index in [1.807, 2.05) is 0 Å². The van der Waals surface area contributed by atoms with Gasteiger partial charge in [0, 0.05) is 20.7 Å². The third-order valence-electron chi connectivity index (χ3n) is 2.60. The van der Waals surface area contributed by atoms with Crippen LogP contribution in [0.15, 0.2) is 18.2 Å². The molecule has 1 N–H and O–H groups in total. The van der Waals surface area contributed by atoms with Crippen molar-refractivity contribution in [1.82, 2.24) is 4.90 Å². The highest BCUT2D eigenvalue weighted by Crippen LogP contribution is 2.24. The Morgan fingerprint density at radius 1 is 1.47 bits per heavy atom. The van der Waals surface area contributed by atoms with Crippen LogP contribution in [0.3, 0.4) is 0 Å². The van der Waals surface area contributed by atoms with Gasteiger partial charge in [0.1, 0.15) is 11.5 Å². The summed E-state index contributed by atoms with van der Waals surface area (Å²) >= 11 is 3.42. The molecule has 0 aliphatic rings. The van der Waals surface area contributed by atoms with Gasteiger partial charge < -0.3 is 19.5 Å². The second-order valence-electron chi connectivity index (χ2n) is 4.12. The second kappa shape index (κ2) is 7.35. The Morgan fingerprint density at radius 2 is 2.16 bits per heavy atom. The molecule has 1 aromatic rings. The zero-order valence-electron chi connectivity index (χ0n) is 11.2. The molecule has 6 heteroatoms. The van der Waals surface area contributed by atoms with Crippen LogP contribution in [0.5, 0.6) is 11.5 Å². The van der Waals surface area contributed by atoms with Crippen molar-refractivity contribution in [2.24, 2.45) is 0 Å². The first-order valence-electron chi connectivity index (χ1n) is 5.75. The molecular weight excluding hydrogens is 314 g/mol. The second-order valence-corrected chi connectivity index (χ2v) is 5.42. The number of carbonyl (C=O) groups is 1. The van der Waals surface area contributed by atoms with Gasteiger partial charge in [-0.15, -0.1) is 0 Å². The van der Waals surface area contributed by atoms with Crippen molar-refractivity contribution in [2.45, 2.75) is 4.83 Å². The lowest BCUT2D eigenvalue weighted by molar-refractivity contribution is 0.0781. The summed E-state index contributed by atoms with van der Waals surface area (Å²) in [5.41, 5.74) is 0.221. The van der Waals surface area contributed by atoms with Crippen LogP contribution >= 0.6 is 15.9 Å². The number of amides is 1. The molecule has 0 bridgehead atoms. The number of methoxy groups -OCH3 is 2.